The highest BCUT2D eigenvalue weighted by atomic mass is 16.6. The molecule has 3 aliphatic rings. The van der Waals surface area contributed by atoms with Gasteiger partial charge in [0.25, 0.3) is 0 Å². The van der Waals surface area contributed by atoms with Crippen LogP contribution in [-0.4, -0.2) is 41.6 Å². The summed E-state index contributed by atoms with van der Waals surface area (Å²) in [6.07, 6.45) is 2.20. The monoisotopic (exact) mass is 350 g/mol. The molecular weight excluding hydrogens is 324 g/mol. The number of hydrogen-bond acceptors (Lipinski definition) is 3. The molecule has 2 aromatic carbocycles. The number of fused-ring (bicyclic) bond motifs is 4. The predicted molar refractivity (Wildman–Crippen MR) is 102 cm³/mol. The molecule has 0 unspecified atom stereocenters. The Morgan fingerprint density at radius 3 is 2.31 bits per heavy atom. The maximum atomic E-state index is 12.6. The number of ether oxygens (including phenoxy) is 1. The van der Waals surface area contributed by atoms with Gasteiger partial charge in [0.1, 0.15) is 6.61 Å². The lowest BCUT2D eigenvalue weighted by atomic mass is 9.94. The molecule has 5 rings (SSSR count). The highest BCUT2D eigenvalue weighted by molar-refractivity contribution is 5.67. The number of amides is 1. The van der Waals surface area contributed by atoms with Crippen molar-refractivity contribution < 1.29 is 9.53 Å². The summed E-state index contributed by atoms with van der Waals surface area (Å²) in [4.78, 5) is 17.1. The van der Waals surface area contributed by atoms with Gasteiger partial charge in [0, 0.05) is 32.2 Å². The molecule has 3 fully saturated rings. The summed E-state index contributed by atoms with van der Waals surface area (Å²) in [6.45, 7) is 3.97. The van der Waals surface area contributed by atoms with Gasteiger partial charge in [-0.2, -0.15) is 0 Å². The highest BCUT2D eigenvalue weighted by Crippen LogP contribution is 2.29. The van der Waals surface area contributed by atoms with Crippen molar-refractivity contribution in [2.45, 2.75) is 32.0 Å². The average molecular weight is 350 g/mol. The summed E-state index contributed by atoms with van der Waals surface area (Å²) in [5.74, 6) is 0.543. The summed E-state index contributed by atoms with van der Waals surface area (Å²) in [6, 6.07) is 20.9. The second-order valence-corrected chi connectivity index (χ2v) is 7.46. The molecule has 4 heteroatoms. The summed E-state index contributed by atoms with van der Waals surface area (Å²) >= 11 is 0. The van der Waals surface area contributed by atoms with Crippen molar-refractivity contribution in [1.29, 1.82) is 0 Å². The smallest absolute Gasteiger partial charge is 0.410 e. The Kier molecular flexibility index (Phi) is 5.21. The van der Waals surface area contributed by atoms with Gasteiger partial charge in [-0.15, -0.1) is 0 Å². The van der Waals surface area contributed by atoms with E-state index in [0.29, 0.717) is 18.6 Å². The molecule has 3 heterocycles. The molecule has 0 spiro atoms. The van der Waals surface area contributed by atoms with Gasteiger partial charge in [-0.1, -0.05) is 60.7 Å². The first-order valence-corrected chi connectivity index (χ1v) is 9.51. The van der Waals surface area contributed by atoms with Gasteiger partial charge in [-0.3, -0.25) is 4.90 Å². The zero-order valence-corrected chi connectivity index (χ0v) is 15.1. The Bertz CT molecular complexity index is 719. The number of carbonyl (C=O) groups is 1. The van der Waals surface area contributed by atoms with Crippen molar-refractivity contribution in [3.8, 4) is 0 Å². The van der Waals surface area contributed by atoms with E-state index < -0.39 is 0 Å². The Labute approximate surface area is 155 Å². The number of carbonyl (C=O) groups excluding carboxylic acids is 1. The van der Waals surface area contributed by atoms with E-state index in [-0.39, 0.29) is 6.09 Å². The predicted octanol–water partition coefficient (Wildman–Crippen LogP) is 3.92. The summed E-state index contributed by atoms with van der Waals surface area (Å²) in [5.41, 5.74) is 2.38. The van der Waals surface area contributed by atoms with Crippen LogP contribution in [0, 0.1) is 5.92 Å². The Balaban J connectivity index is 1.37. The molecule has 4 nitrogen and oxygen atoms in total. The van der Waals surface area contributed by atoms with E-state index in [1.165, 1.54) is 18.4 Å². The van der Waals surface area contributed by atoms with Crippen LogP contribution in [0.1, 0.15) is 24.0 Å². The summed E-state index contributed by atoms with van der Waals surface area (Å²) in [7, 11) is 0. The first-order chi connectivity index (χ1) is 12.8. The molecule has 0 N–H and O–H groups in total. The fourth-order valence-electron chi connectivity index (χ4n) is 4.15. The zero-order valence-electron chi connectivity index (χ0n) is 15.1. The molecular formula is C22H26N2O2. The molecule has 136 valence electrons. The van der Waals surface area contributed by atoms with Crippen molar-refractivity contribution in [1.82, 2.24) is 9.80 Å². The maximum Gasteiger partial charge on any atom is 0.410 e. The lowest BCUT2D eigenvalue weighted by molar-refractivity contribution is 0.0909. The minimum atomic E-state index is -0.174. The number of piperidine rings is 1. The van der Waals surface area contributed by atoms with Crippen LogP contribution in [0.15, 0.2) is 60.7 Å². The van der Waals surface area contributed by atoms with Crippen molar-refractivity contribution >= 4 is 6.09 Å². The van der Waals surface area contributed by atoms with E-state index in [1.54, 1.807) is 0 Å². The van der Waals surface area contributed by atoms with Gasteiger partial charge < -0.3 is 9.64 Å². The second-order valence-electron chi connectivity index (χ2n) is 7.46. The van der Waals surface area contributed by atoms with E-state index in [9.17, 15) is 4.79 Å². The van der Waals surface area contributed by atoms with Crippen molar-refractivity contribution in [2.75, 3.05) is 19.6 Å². The molecule has 1 amide bonds. The van der Waals surface area contributed by atoms with E-state index in [1.807, 2.05) is 35.2 Å². The molecule has 0 aromatic heterocycles. The normalized spacial score (nSPS) is 22.8. The molecule has 2 atom stereocenters. The quantitative estimate of drug-likeness (QED) is 0.838. The van der Waals surface area contributed by atoms with Crippen LogP contribution in [0.5, 0.6) is 0 Å². The van der Waals surface area contributed by atoms with Gasteiger partial charge in [-0.25, -0.2) is 4.79 Å². The van der Waals surface area contributed by atoms with Crippen LogP contribution >= 0.6 is 0 Å². The van der Waals surface area contributed by atoms with Crippen LogP contribution in [-0.2, 0) is 17.9 Å². The standard InChI is InChI=1S/C22H26N2O2/c25-22(26-17-19-9-5-2-6-10-19)24-15-20-11-12-21(16-24)23(14-20)13-18-7-3-1-4-8-18/h1-10,20-21H,11-17H2/t20-,21-/m1/s1. The van der Waals surface area contributed by atoms with Gasteiger partial charge in [0.2, 0.25) is 0 Å². The summed E-state index contributed by atoms with van der Waals surface area (Å²) < 4.78 is 5.57. The van der Waals surface area contributed by atoms with Crippen molar-refractivity contribution in [3.05, 3.63) is 71.8 Å². The van der Waals surface area contributed by atoms with Crippen LogP contribution < -0.4 is 0 Å². The first-order valence-electron chi connectivity index (χ1n) is 9.51. The maximum absolute atomic E-state index is 12.6. The topological polar surface area (TPSA) is 32.8 Å². The number of rotatable bonds is 4. The third kappa shape index (κ3) is 4.07. The summed E-state index contributed by atoms with van der Waals surface area (Å²) in [5, 5.41) is 0. The molecule has 0 aliphatic carbocycles. The largest absolute Gasteiger partial charge is 0.445 e. The highest BCUT2D eigenvalue weighted by Gasteiger charge is 2.36. The van der Waals surface area contributed by atoms with Crippen LogP contribution in [0.2, 0.25) is 0 Å². The minimum Gasteiger partial charge on any atom is -0.445 e. The first kappa shape index (κ1) is 17.1. The fraction of sp³-hybridized carbons (Fsp3) is 0.409. The Morgan fingerprint density at radius 2 is 1.58 bits per heavy atom. The van der Waals surface area contributed by atoms with Crippen LogP contribution in [0.3, 0.4) is 0 Å². The van der Waals surface area contributed by atoms with Crippen LogP contribution in [0.25, 0.3) is 0 Å². The molecule has 0 saturated carbocycles. The third-order valence-corrected chi connectivity index (χ3v) is 5.52. The van der Waals surface area contributed by atoms with Gasteiger partial charge in [-0.05, 0) is 29.9 Å². The van der Waals surface area contributed by atoms with Gasteiger partial charge in [0.15, 0.2) is 0 Å². The van der Waals surface area contributed by atoms with Crippen molar-refractivity contribution in [3.63, 3.8) is 0 Å². The van der Waals surface area contributed by atoms with Crippen molar-refractivity contribution in [2.24, 2.45) is 5.92 Å². The zero-order chi connectivity index (χ0) is 17.8. The average Bonchev–Trinajstić information content (AvgIpc) is 3.00. The minimum absolute atomic E-state index is 0.174. The number of nitrogens with zero attached hydrogens (tertiary/aromatic N) is 2. The molecule has 2 aromatic rings. The third-order valence-electron chi connectivity index (χ3n) is 5.52. The van der Waals surface area contributed by atoms with E-state index in [0.717, 1.165) is 31.7 Å². The van der Waals surface area contributed by atoms with Crippen LogP contribution in [0.4, 0.5) is 4.79 Å². The fourth-order valence-corrected chi connectivity index (χ4v) is 4.15. The van der Waals surface area contributed by atoms with E-state index >= 15 is 0 Å². The molecule has 0 radical (unpaired) electrons. The lowest BCUT2D eigenvalue weighted by Gasteiger charge is -2.36. The molecule has 26 heavy (non-hydrogen) atoms. The molecule has 2 bridgehead atoms. The van der Waals surface area contributed by atoms with E-state index in [4.69, 9.17) is 4.74 Å². The van der Waals surface area contributed by atoms with E-state index in [2.05, 4.69) is 35.2 Å². The lowest BCUT2D eigenvalue weighted by Crippen LogP contribution is -2.43. The molecule has 3 saturated heterocycles. The van der Waals surface area contributed by atoms with Gasteiger partial charge >= 0.3 is 6.09 Å². The SMILES string of the molecule is O=C(OCc1ccccc1)N1C[C@@H]2CC[C@H](C1)N(Cc1ccccc1)C2. The Hall–Kier alpha value is -2.33. The number of hydrogen-bond donors (Lipinski definition) is 0. The Morgan fingerprint density at radius 1 is 0.885 bits per heavy atom. The second kappa shape index (κ2) is 7.92. The number of benzene rings is 2. The molecule has 3 aliphatic heterocycles. The van der Waals surface area contributed by atoms with Gasteiger partial charge in [0.05, 0.1) is 0 Å².